The van der Waals surface area contributed by atoms with Gasteiger partial charge in [-0.2, -0.15) is 4.31 Å². The van der Waals surface area contributed by atoms with E-state index in [4.69, 9.17) is 9.62 Å². The van der Waals surface area contributed by atoms with E-state index < -0.39 is 22.0 Å². The fourth-order valence-electron chi connectivity index (χ4n) is 2.66. The van der Waals surface area contributed by atoms with Crippen LogP contribution < -0.4 is 5.48 Å². The summed E-state index contributed by atoms with van der Waals surface area (Å²) in [5.74, 6) is -0.0867. The van der Waals surface area contributed by atoms with Gasteiger partial charge < -0.3 is 4.42 Å². The lowest BCUT2D eigenvalue weighted by molar-refractivity contribution is -0.133. The highest BCUT2D eigenvalue weighted by atomic mass is 32.2. The van der Waals surface area contributed by atoms with E-state index in [1.807, 2.05) is 18.2 Å². The molecule has 2 aromatic rings. The molecular formula is C15H16N2O5S. The number of carbonyl (C=O) groups excluding carboxylic acids is 1. The molecule has 1 amide bonds. The summed E-state index contributed by atoms with van der Waals surface area (Å²) in [5, 5.41) is 8.76. The van der Waals surface area contributed by atoms with Gasteiger partial charge in [0.15, 0.2) is 0 Å². The van der Waals surface area contributed by atoms with Crippen molar-refractivity contribution in [1.82, 2.24) is 9.79 Å². The van der Waals surface area contributed by atoms with Crippen LogP contribution in [0.3, 0.4) is 0 Å². The zero-order chi connectivity index (χ0) is 16.4. The van der Waals surface area contributed by atoms with E-state index in [1.54, 1.807) is 24.5 Å². The summed E-state index contributed by atoms with van der Waals surface area (Å²) in [6, 6.07) is 9.99. The minimum Gasteiger partial charge on any atom is -0.464 e. The number of rotatable bonds is 4. The Balaban J connectivity index is 1.81. The van der Waals surface area contributed by atoms with E-state index in [2.05, 4.69) is 0 Å². The van der Waals surface area contributed by atoms with Crippen LogP contribution in [0.1, 0.15) is 12.0 Å². The first-order valence-corrected chi connectivity index (χ1v) is 8.68. The third-order valence-corrected chi connectivity index (χ3v) is 5.71. The summed E-state index contributed by atoms with van der Waals surface area (Å²) in [6.07, 6.45) is 1.75. The summed E-state index contributed by atoms with van der Waals surface area (Å²) < 4.78 is 30.6. The van der Waals surface area contributed by atoms with Crippen molar-refractivity contribution in [3.63, 3.8) is 0 Å². The van der Waals surface area contributed by atoms with Crippen LogP contribution in [0.2, 0.25) is 0 Å². The molecule has 122 valence electrons. The number of carbonyl (C=O) groups is 1. The molecule has 1 saturated heterocycles. The van der Waals surface area contributed by atoms with Gasteiger partial charge >= 0.3 is 0 Å². The Morgan fingerprint density at radius 1 is 1.30 bits per heavy atom. The minimum atomic E-state index is -3.50. The second-order valence-electron chi connectivity index (χ2n) is 5.32. The van der Waals surface area contributed by atoms with Crippen molar-refractivity contribution in [2.45, 2.75) is 19.0 Å². The molecule has 1 aromatic heterocycles. The van der Waals surface area contributed by atoms with Gasteiger partial charge in [-0.3, -0.25) is 10.0 Å². The predicted octanol–water partition coefficient (Wildman–Crippen LogP) is 1.36. The molecule has 1 aliphatic heterocycles. The summed E-state index contributed by atoms with van der Waals surface area (Å²) >= 11 is 0. The zero-order valence-electron chi connectivity index (χ0n) is 12.2. The lowest BCUT2D eigenvalue weighted by Gasteiger charge is -2.21. The van der Waals surface area contributed by atoms with Crippen LogP contribution in [-0.4, -0.2) is 35.6 Å². The summed E-state index contributed by atoms with van der Waals surface area (Å²) in [5.41, 5.74) is 3.16. The van der Waals surface area contributed by atoms with Crippen molar-refractivity contribution in [3.05, 3.63) is 48.2 Å². The van der Waals surface area contributed by atoms with E-state index in [0.717, 1.165) is 21.2 Å². The van der Waals surface area contributed by atoms with Gasteiger partial charge in [-0.05, 0) is 24.1 Å². The second kappa shape index (κ2) is 6.15. The average molecular weight is 336 g/mol. The van der Waals surface area contributed by atoms with Crippen LogP contribution in [0, 0.1) is 0 Å². The Labute approximate surface area is 133 Å². The van der Waals surface area contributed by atoms with Crippen LogP contribution in [0.15, 0.2) is 47.1 Å². The Bertz CT molecular complexity index is 784. The quantitative estimate of drug-likeness (QED) is 0.648. The maximum atomic E-state index is 12.1. The minimum absolute atomic E-state index is 0.0822. The van der Waals surface area contributed by atoms with Gasteiger partial charge in [0.05, 0.1) is 12.0 Å². The van der Waals surface area contributed by atoms with Crippen molar-refractivity contribution in [2.24, 2.45) is 0 Å². The van der Waals surface area contributed by atoms with Gasteiger partial charge in [0.25, 0.3) is 5.91 Å². The van der Waals surface area contributed by atoms with Crippen LogP contribution in [0.4, 0.5) is 0 Å². The average Bonchev–Trinajstić information content (AvgIpc) is 3.17. The lowest BCUT2D eigenvalue weighted by atomic mass is 10.1. The first-order valence-electron chi connectivity index (χ1n) is 7.07. The van der Waals surface area contributed by atoms with Crippen LogP contribution in [0.5, 0.6) is 0 Å². The third-order valence-electron chi connectivity index (χ3n) is 3.87. The monoisotopic (exact) mass is 336 g/mol. The Morgan fingerprint density at radius 3 is 2.65 bits per heavy atom. The lowest BCUT2D eigenvalue weighted by Crippen LogP contribution is -2.43. The molecule has 3 rings (SSSR count). The second-order valence-corrected chi connectivity index (χ2v) is 7.36. The molecule has 1 fully saturated rings. The molecule has 1 aromatic carbocycles. The van der Waals surface area contributed by atoms with E-state index in [9.17, 15) is 13.2 Å². The molecule has 0 bridgehead atoms. The van der Waals surface area contributed by atoms with Crippen molar-refractivity contribution in [2.75, 3.05) is 5.75 Å². The number of nitrogens with one attached hydrogen (secondary N) is 1. The molecule has 1 unspecified atom stereocenters. The molecule has 0 saturated carbocycles. The van der Waals surface area contributed by atoms with E-state index in [-0.39, 0.29) is 18.7 Å². The largest absolute Gasteiger partial charge is 0.464 e. The van der Waals surface area contributed by atoms with Gasteiger partial charge in [-0.15, -0.1) is 0 Å². The van der Waals surface area contributed by atoms with Crippen LogP contribution in [-0.2, 0) is 21.4 Å². The molecule has 1 aliphatic rings. The van der Waals surface area contributed by atoms with Gasteiger partial charge in [-0.1, -0.05) is 24.3 Å². The number of benzene rings is 1. The van der Waals surface area contributed by atoms with Crippen molar-refractivity contribution in [3.8, 4) is 11.3 Å². The first-order chi connectivity index (χ1) is 11.0. The molecule has 1 atom stereocenters. The molecular weight excluding hydrogens is 320 g/mol. The first kappa shape index (κ1) is 15.7. The molecule has 2 heterocycles. The molecule has 7 nitrogen and oxygen atoms in total. The Kier molecular flexibility index (Phi) is 4.20. The molecule has 0 radical (unpaired) electrons. The normalized spacial score (nSPS) is 20.5. The summed E-state index contributed by atoms with van der Waals surface area (Å²) in [7, 11) is -3.50. The highest BCUT2D eigenvalue weighted by molar-refractivity contribution is 7.89. The van der Waals surface area contributed by atoms with E-state index >= 15 is 0 Å². The number of furan rings is 1. The number of hydrogen-bond acceptors (Lipinski definition) is 5. The van der Waals surface area contributed by atoms with Gasteiger partial charge in [0, 0.05) is 12.1 Å². The van der Waals surface area contributed by atoms with E-state index in [1.165, 1.54) is 5.48 Å². The van der Waals surface area contributed by atoms with Crippen molar-refractivity contribution < 1.29 is 22.8 Å². The number of amides is 1. The fourth-order valence-corrected chi connectivity index (χ4v) is 4.35. The maximum Gasteiger partial charge on any atom is 0.261 e. The fraction of sp³-hybridized carbons (Fsp3) is 0.267. The van der Waals surface area contributed by atoms with Gasteiger partial charge in [0.1, 0.15) is 11.8 Å². The highest BCUT2D eigenvalue weighted by Gasteiger charge is 2.41. The molecule has 0 spiro atoms. The topological polar surface area (TPSA) is 99.8 Å². The zero-order valence-corrected chi connectivity index (χ0v) is 13.0. The predicted molar refractivity (Wildman–Crippen MR) is 81.8 cm³/mol. The van der Waals surface area contributed by atoms with Gasteiger partial charge in [0.2, 0.25) is 10.0 Å². The van der Waals surface area contributed by atoms with E-state index in [0.29, 0.717) is 0 Å². The number of hydroxylamine groups is 1. The molecule has 0 aliphatic carbocycles. The number of sulfonamides is 1. The van der Waals surface area contributed by atoms with Crippen molar-refractivity contribution >= 4 is 15.9 Å². The highest BCUT2D eigenvalue weighted by Crippen LogP contribution is 2.26. The van der Waals surface area contributed by atoms with Crippen molar-refractivity contribution in [1.29, 1.82) is 0 Å². The standard InChI is InChI=1S/C15H16N2O5S/c18-15(16-19)13-7-9-23(20,21)17(13)10-11-3-5-12(6-4-11)14-2-1-8-22-14/h1-6,8,13,19H,7,9-10H2,(H,16,18). The maximum absolute atomic E-state index is 12.1. The SMILES string of the molecule is O=C(NO)C1CCS(=O)(=O)N1Cc1ccc(-c2ccco2)cc1. The Hall–Kier alpha value is -2.16. The molecule has 23 heavy (non-hydrogen) atoms. The third kappa shape index (κ3) is 3.14. The Morgan fingerprint density at radius 2 is 2.04 bits per heavy atom. The van der Waals surface area contributed by atoms with Gasteiger partial charge in [-0.25, -0.2) is 13.9 Å². The summed E-state index contributed by atoms with van der Waals surface area (Å²) in [6.45, 7) is 0.0822. The number of nitrogens with zero attached hydrogens (tertiary/aromatic N) is 1. The van der Waals surface area contributed by atoms with Crippen LogP contribution >= 0.6 is 0 Å². The van der Waals surface area contributed by atoms with Crippen LogP contribution in [0.25, 0.3) is 11.3 Å². The molecule has 8 heteroatoms. The number of hydrogen-bond donors (Lipinski definition) is 2. The molecule has 2 N–H and O–H groups in total. The summed E-state index contributed by atoms with van der Waals surface area (Å²) in [4.78, 5) is 11.6. The smallest absolute Gasteiger partial charge is 0.261 e.